The Balaban J connectivity index is 1.94. The van der Waals surface area contributed by atoms with Gasteiger partial charge in [-0.15, -0.1) is 0 Å². The van der Waals surface area contributed by atoms with Crippen molar-refractivity contribution >= 4 is 29.4 Å². The molecule has 0 aliphatic heterocycles. The van der Waals surface area contributed by atoms with Gasteiger partial charge in [0.1, 0.15) is 12.3 Å². The third kappa shape index (κ3) is 5.48. The second kappa shape index (κ2) is 10.3. The van der Waals surface area contributed by atoms with Crippen molar-refractivity contribution < 1.29 is 14.3 Å². The molecule has 0 fully saturated rings. The van der Waals surface area contributed by atoms with Gasteiger partial charge in [-0.3, -0.25) is 19.5 Å². The van der Waals surface area contributed by atoms with Gasteiger partial charge in [-0.2, -0.15) is 0 Å². The summed E-state index contributed by atoms with van der Waals surface area (Å²) < 4.78 is 7.03. The summed E-state index contributed by atoms with van der Waals surface area (Å²) in [6.45, 7) is 5.51. The number of benzene rings is 2. The minimum absolute atomic E-state index is 0.0455. The Morgan fingerprint density at radius 1 is 1.12 bits per heavy atom. The first kappa shape index (κ1) is 23.3. The number of carbonyl (C=O) groups is 2. The molecule has 0 unspecified atom stereocenters. The summed E-state index contributed by atoms with van der Waals surface area (Å²) >= 11 is 6.01. The number of amides is 2. The number of halogens is 1. The van der Waals surface area contributed by atoms with E-state index in [0.29, 0.717) is 23.1 Å². The zero-order valence-electron chi connectivity index (χ0n) is 18.6. The molecular formula is C24H27ClN4O3. The van der Waals surface area contributed by atoms with Crippen LogP contribution in [0.1, 0.15) is 27.2 Å². The van der Waals surface area contributed by atoms with Gasteiger partial charge in [-0.05, 0) is 50.2 Å². The number of nitrogens with one attached hydrogen (secondary N) is 1. The number of hydrogen-bond donors (Lipinski definition) is 1. The molecule has 1 heterocycles. The minimum Gasteiger partial charge on any atom is -0.497 e. The molecule has 8 heteroatoms. The monoisotopic (exact) mass is 454 g/mol. The Labute approximate surface area is 193 Å². The zero-order valence-corrected chi connectivity index (χ0v) is 19.4. The van der Waals surface area contributed by atoms with E-state index in [1.54, 1.807) is 35.6 Å². The molecule has 0 saturated heterocycles. The Morgan fingerprint density at radius 2 is 1.78 bits per heavy atom. The summed E-state index contributed by atoms with van der Waals surface area (Å²) in [4.78, 5) is 31.2. The first-order valence-corrected chi connectivity index (χ1v) is 10.8. The molecule has 0 radical (unpaired) electrons. The second-order valence-electron chi connectivity index (χ2n) is 7.54. The number of hydrogen-bond acceptors (Lipinski definition) is 4. The van der Waals surface area contributed by atoms with Crippen LogP contribution in [0.2, 0.25) is 5.02 Å². The van der Waals surface area contributed by atoms with Gasteiger partial charge in [-0.25, -0.2) is 4.98 Å². The number of ether oxygens (including phenoxy) is 1. The lowest BCUT2D eigenvalue weighted by Gasteiger charge is -2.25. The molecule has 32 heavy (non-hydrogen) atoms. The van der Waals surface area contributed by atoms with Crippen LogP contribution < -0.4 is 10.1 Å². The van der Waals surface area contributed by atoms with Crippen molar-refractivity contribution in [2.75, 3.05) is 19.0 Å². The SMILES string of the molecule is CCC(=O)N(CC(=O)Nc1nc(-c2ccc(Cl)cc2)cn1-c1ccc(OC)cc1)C(C)C. The molecule has 2 aromatic carbocycles. The fourth-order valence-electron chi connectivity index (χ4n) is 3.25. The number of anilines is 1. The van der Waals surface area contributed by atoms with Gasteiger partial charge in [0.15, 0.2) is 0 Å². The van der Waals surface area contributed by atoms with Crippen LogP contribution in [0.3, 0.4) is 0 Å². The van der Waals surface area contributed by atoms with E-state index in [1.165, 1.54) is 0 Å². The summed E-state index contributed by atoms with van der Waals surface area (Å²) in [5, 5.41) is 3.50. The summed E-state index contributed by atoms with van der Waals surface area (Å²) in [6, 6.07) is 14.7. The van der Waals surface area contributed by atoms with E-state index in [4.69, 9.17) is 16.3 Å². The van der Waals surface area contributed by atoms with Crippen molar-refractivity contribution in [3.05, 3.63) is 59.8 Å². The van der Waals surface area contributed by atoms with E-state index >= 15 is 0 Å². The molecule has 0 spiro atoms. The minimum atomic E-state index is -0.316. The molecule has 0 saturated carbocycles. The highest BCUT2D eigenvalue weighted by Crippen LogP contribution is 2.26. The zero-order chi connectivity index (χ0) is 23.3. The molecule has 1 aromatic heterocycles. The highest BCUT2D eigenvalue weighted by molar-refractivity contribution is 6.30. The lowest BCUT2D eigenvalue weighted by Crippen LogP contribution is -2.42. The number of methoxy groups -OCH3 is 1. The Kier molecular flexibility index (Phi) is 7.53. The quantitative estimate of drug-likeness (QED) is 0.531. The van der Waals surface area contributed by atoms with Crippen LogP contribution in [0, 0.1) is 0 Å². The maximum Gasteiger partial charge on any atom is 0.246 e. The van der Waals surface area contributed by atoms with E-state index < -0.39 is 0 Å². The normalized spacial score (nSPS) is 10.8. The van der Waals surface area contributed by atoms with Gasteiger partial charge < -0.3 is 9.64 Å². The topological polar surface area (TPSA) is 76.5 Å². The van der Waals surface area contributed by atoms with Crippen LogP contribution in [0.4, 0.5) is 5.95 Å². The maximum atomic E-state index is 12.8. The van der Waals surface area contributed by atoms with E-state index in [2.05, 4.69) is 10.3 Å². The lowest BCUT2D eigenvalue weighted by atomic mass is 10.2. The van der Waals surface area contributed by atoms with E-state index in [0.717, 1.165) is 17.0 Å². The smallest absolute Gasteiger partial charge is 0.246 e. The van der Waals surface area contributed by atoms with Crippen molar-refractivity contribution in [2.45, 2.75) is 33.2 Å². The third-order valence-corrected chi connectivity index (χ3v) is 5.26. The Hall–Kier alpha value is -3.32. The van der Waals surface area contributed by atoms with Gasteiger partial charge in [0.25, 0.3) is 0 Å². The predicted octanol–water partition coefficient (Wildman–Crippen LogP) is 4.79. The molecule has 0 atom stereocenters. The van der Waals surface area contributed by atoms with Crippen molar-refractivity contribution in [3.63, 3.8) is 0 Å². The molecule has 2 amide bonds. The first-order valence-electron chi connectivity index (χ1n) is 10.4. The van der Waals surface area contributed by atoms with Gasteiger partial charge in [-0.1, -0.05) is 30.7 Å². The average Bonchev–Trinajstić information content (AvgIpc) is 3.20. The van der Waals surface area contributed by atoms with Crippen LogP contribution in [0.5, 0.6) is 5.75 Å². The third-order valence-electron chi connectivity index (χ3n) is 5.01. The van der Waals surface area contributed by atoms with Crippen molar-refractivity contribution in [3.8, 4) is 22.7 Å². The molecule has 168 valence electrons. The molecule has 3 rings (SSSR count). The van der Waals surface area contributed by atoms with Gasteiger partial charge in [0.2, 0.25) is 17.8 Å². The van der Waals surface area contributed by atoms with Gasteiger partial charge in [0.05, 0.1) is 12.8 Å². The van der Waals surface area contributed by atoms with E-state index in [9.17, 15) is 9.59 Å². The number of rotatable bonds is 8. The average molecular weight is 455 g/mol. The Bertz CT molecular complexity index is 1080. The van der Waals surface area contributed by atoms with Crippen LogP contribution in [0.15, 0.2) is 54.7 Å². The van der Waals surface area contributed by atoms with Crippen molar-refractivity contribution in [2.24, 2.45) is 0 Å². The highest BCUT2D eigenvalue weighted by atomic mass is 35.5. The number of aromatic nitrogens is 2. The van der Waals surface area contributed by atoms with Crippen molar-refractivity contribution in [1.29, 1.82) is 0 Å². The van der Waals surface area contributed by atoms with Gasteiger partial charge >= 0.3 is 0 Å². The number of carbonyl (C=O) groups excluding carboxylic acids is 2. The van der Waals surface area contributed by atoms with E-state index in [-0.39, 0.29) is 24.4 Å². The lowest BCUT2D eigenvalue weighted by molar-refractivity contribution is -0.136. The van der Waals surface area contributed by atoms with Crippen LogP contribution in [0.25, 0.3) is 16.9 Å². The van der Waals surface area contributed by atoms with Crippen molar-refractivity contribution in [1.82, 2.24) is 14.5 Å². The summed E-state index contributed by atoms with van der Waals surface area (Å²) in [6.07, 6.45) is 2.19. The van der Waals surface area contributed by atoms with Gasteiger partial charge in [0, 0.05) is 34.9 Å². The molecule has 0 aliphatic rings. The molecule has 0 bridgehead atoms. The standard InChI is InChI=1S/C24H27ClN4O3/c1-5-23(31)28(16(2)3)15-22(30)27-24-26-21(17-6-8-18(25)9-7-17)14-29(24)19-10-12-20(32-4)13-11-19/h6-14,16H,5,15H2,1-4H3,(H,26,27,30). The summed E-state index contributed by atoms with van der Waals surface area (Å²) in [5.74, 6) is 0.694. The largest absolute Gasteiger partial charge is 0.497 e. The molecule has 0 aliphatic carbocycles. The predicted molar refractivity (Wildman–Crippen MR) is 126 cm³/mol. The first-order chi connectivity index (χ1) is 15.3. The summed E-state index contributed by atoms with van der Waals surface area (Å²) in [5.41, 5.74) is 2.35. The molecule has 1 N–H and O–H groups in total. The molecular weight excluding hydrogens is 428 g/mol. The molecule has 3 aromatic rings. The van der Waals surface area contributed by atoms with Crippen LogP contribution in [-0.2, 0) is 9.59 Å². The maximum absolute atomic E-state index is 12.8. The Morgan fingerprint density at radius 3 is 2.34 bits per heavy atom. The number of nitrogens with zero attached hydrogens (tertiary/aromatic N) is 3. The van der Waals surface area contributed by atoms with E-state index in [1.807, 2.05) is 56.4 Å². The highest BCUT2D eigenvalue weighted by Gasteiger charge is 2.20. The number of imidazole rings is 1. The summed E-state index contributed by atoms with van der Waals surface area (Å²) in [7, 11) is 1.61. The van der Waals surface area contributed by atoms with Crippen LogP contribution >= 0.6 is 11.6 Å². The molecule has 7 nitrogen and oxygen atoms in total. The fraction of sp³-hybridized carbons (Fsp3) is 0.292. The fourth-order valence-corrected chi connectivity index (χ4v) is 3.37. The second-order valence-corrected chi connectivity index (χ2v) is 7.98. The van der Waals surface area contributed by atoms with Crippen LogP contribution in [-0.4, -0.2) is 46.0 Å².